The summed E-state index contributed by atoms with van der Waals surface area (Å²) < 4.78 is 31.8. The largest absolute Gasteiger partial charge is 0.495 e. The molecule has 0 fully saturated rings. The monoisotopic (exact) mass is 335 g/mol. The summed E-state index contributed by atoms with van der Waals surface area (Å²) in [6.07, 6.45) is 1.61. The van der Waals surface area contributed by atoms with Gasteiger partial charge in [-0.1, -0.05) is 31.4 Å². The molecule has 1 aromatic rings. The minimum atomic E-state index is -4.01. The van der Waals surface area contributed by atoms with Gasteiger partial charge in [-0.05, 0) is 18.6 Å². The van der Waals surface area contributed by atoms with E-state index in [4.69, 9.17) is 21.4 Å². The first-order valence-corrected chi connectivity index (χ1v) is 8.26. The molecule has 0 heterocycles. The molecule has 0 radical (unpaired) electrons. The number of sulfonamides is 1. The quantitative estimate of drug-likeness (QED) is 0.760. The summed E-state index contributed by atoms with van der Waals surface area (Å²) in [5, 5.41) is 9.43. The Balaban J connectivity index is 3.07. The molecule has 2 N–H and O–H groups in total. The van der Waals surface area contributed by atoms with Crippen LogP contribution in [0.4, 0.5) is 0 Å². The van der Waals surface area contributed by atoms with Gasteiger partial charge >= 0.3 is 5.97 Å². The number of carbonyl (C=O) groups is 1. The number of methoxy groups -OCH3 is 1. The number of hydrogen-bond acceptors (Lipinski definition) is 4. The van der Waals surface area contributed by atoms with Gasteiger partial charge in [0.1, 0.15) is 16.7 Å². The van der Waals surface area contributed by atoms with Crippen molar-refractivity contribution < 1.29 is 23.1 Å². The van der Waals surface area contributed by atoms with Crippen molar-refractivity contribution in [1.29, 1.82) is 0 Å². The van der Waals surface area contributed by atoms with Gasteiger partial charge in [-0.2, -0.15) is 4.72 Å². The van der Waals surface area contributed by atoms with Crippen molar-refractivity contribution in [2.24, 2.45) is 0 Å². The van der Waals surface area contributed by atoms with Crippen LogP contribution in [-0.4, -0.2) is 32.6 Å². The zero-order chi connectivity index (χ0) is 16.0. The fourth-order valence-corrected chi connectivity index (χ4v) is 3.29. The third-order valence-electron chi connectivity index (χ3n) is 2.86. The third kappa shape index (κ3) is 4.87. The fourth-order valence-electron chi connectivity index (χ4n) is 1.76. The topological polar surface area (TPSA) is 92.7 Å². The number of carboxylic acid groups (broad SMARTS) is 1. The van der Waals surface area contributed by atoms with E-state index in [0.717, 1.165) is 6.42 Å². The van der Waals surface area contributed by atoms with Crippen molar-refractivity contribution in [3.05, 3.63) is 23.2 Å². The molecule has 0 aliphatic rings. The van der Waals surface area contributed by atoms with Crippen LogP contribution in [0, 0.1) is 0 Å². The van der Waals surface area contributed by atoms with E-state index in [-0.39, 0.29) is 17.1 Å². The van der Waals surface area contributed by atoms with Crippen LogP contribution in [0.3, 0.4) is 0 Å². The molecule has 0 aliphatic carbocycles. The fraction of sp³-hybridized carbons (Fsp3) is 0.462. The number of benzene rings is 1. The molecule has 0 spiro atoms. The summed E-state index contributed by atoms with van der Waals surface area (Å²) in [6, 6.07) is 2.87. The molecule has 1 aromatic carbocycles. The summed E-state index contributed by atoms with van der Waals surface area (Å²) in [5.74, 6) is -1.14. The van der Waals surface area contributed by atoms with Crippen molar-refractivity contribution in [3.8, 4) is 5.75 Å². The molecule has 6 nitrogen and oxygen atoms in total. The Kier molecular flexibility index (Phi) is 6.44. The van der Waals surface area contributed by atoms with Crippen LogP contribution in [0.1, 0.15) is 26.2 Å². The van der Waals surface area contributed by atoms with Gasteiger partial charge in [0.15, 0.2) is 0 Å². The Labute approximate surface area is 129 Å². The van der Waals surface area contributed by atoms with Crippen LogP contribution in [-0.2, 0) is 14.8 Å². The van der Waals surface area contributed by atoms with E-state index in [2.05, 4.69) is 4.72 Å². The van der Waals surface area contributed by atoms with E-state index in [1.807, 2.05) is 6.92 Å². The first kappa shape index (κ1) is 17.7. The molecule has 0 saturated carbocycles. The van der Waals surface area contributed by atoms with Crippen LogP contribution < -0.4 is 9.46 Å². The Morgan fingerprint density at radius 2 is 2.14 bits per heavy atom. The SMILES string of the molecule is CCCCC(NS(=O)(=O)c1ccc(Cl)cc1OC)C(=O)O. The summed E-state index contributed by atoms with van der Waals surface area (Å²) in [7, 11) is -2.69. The molecule has 0 saturated heterocycles. The minimum absolute atomic E-state index is 0.0645. The number of halogens is 1. The van der Waals surface area contributed by atoms with Gasteiger partial charge in [0.25, 0.3) is 0 Å². The summed E-state index contributed by atoms with van der Waals surface area (Å²) in [5.41, 5.74) is 0. The Hall–Kier alpha value is -1.31. The van der Waals surface area contributed by atoms with E-state index in [1.165, 1.54) is 25.3 Å². The van der Waals surface area contributed by atoms with Crippen LogP contribution in [0.15, 0.2) is 23.1 Å². The van der Waals surface area contributed by atoms with Gasteiger partial charge in [-0.15, -0.1) is 0 Å². The van der Waals surface area contributed by atoms with E-state index >= 15 is 0 Å². The smallest absolute Gasteiger partial charge is 0.321 e. The molecule has 8 heteroatoms. The molecule has 1 rings (SSSR count). The molecule has 1 atom stereocenters. The maximum absolute atomic E-state index is 12.3. The summed E-state index contributed by atoms with van der Waals surface area (Å²) >= 11 is 5.78. The predicted molar refractivity (Wildman–Crippen MR) is 79.3 cm³/mol. The second-order valence-electron chi connectivity index (χ2n) is 4.45. The average Bonchev–Trinajstić information content (AvgIpc) is 2.42. The molecule has 21 heavy (non-hydrogen) atoms. The Morgan fingerprint density at radius 1 is 1.48 bits per heavy atom. The summed E-state index contributed by atoms with van der Waals surface area (Å²) in [6.45, 7) is 1.90. The van der Waals surface area contributed by atoms with E-state index in [0.29, 0.717) is 11.4 Å². The van der Waals surface area contributed by atoms with Gasteiger partial charge in [0.2, 0.25) is 10.0 Å². The highest BCUT2D eigenvalue weighted by atomic mass is 35.5. The highest BCUT2D eigenvalue weighted by molar-refractivity contribution is 7.89. The number of nitrogens with one attached hydrogen (secondary N) is 1. The van der Waals surface area contributed by atoms with E-state index in [9.17, 15) is 13.2 Å². The molecule has 118 valence electrons. The molecule has 0 amide bonds. The number of aliphatic carboxylic acids is 1. The van der Waals surface area contributed by atoms with Gasteiger partial charge in [0, 0.05) is 11.1 Å². The maximum atomic E-state index is 12.3. The number of rotatable bonds is 8. The average molecular weight is 336 g/mol. The third-order valence-corrected chi connectivity index (χ3v) is 4.60. The molecule has 1 unspecified atom stereocenters. The highest BCUT2D eigenvalue weighted by Crippen LogP contribution is 2.27. The lowest BCUT2D eigenvalue weighted by atomic mass is 10.1. The lowest BCUT2D eigenvalue weighted by Crippen LogP contribution is -2.40. The van der Waals surface area contributed by atoms with Crippen LogP contribution in [0.25, 0.3) is 0 Å². The normalized spacial score (nSPS) is 12.9. The molecular weight excluding hydrogens is 318 g/mol. The van der Waals surface area contributed by atoms with Gasteiger partial charge in [-0.25, -0.2) is 8.42 Å². The minimum Gasteiger partial charge on any atom is -0.495 e. The highest BCUT2D eigenvalue weighted by Gasteiger charge is 2.27. The first-order chi connectivity index (χ1) is 9.81. The summed E-state index contributed by atoms with van der Waals surface area (Å²) in [4.78, 5) is 11.0. The van der Waals surface area contributed by atoms with E-state index in [1.54, 1.807) is 0 Å². The number of hydrogen-bond donors (Lipinski definition) is 2. The van der Waals surface area contributed by atoms with Crippen molar-refractivity contribution in [2.45, 2.75) is 37.1 Å². The second kappa shape index (κ2) is 7.63. The molecule has 0 bridgehead atoms. The van der Waals surface area contributed by atoms with Crippen LogP contribution >= 0.6 is 11.6 Å². The van der Waals surface area contributed by atoms with Gasteiger partial charge in [0.05, 0.1) is 7.11 Å². The first-order valence-electron chi connectivity index (χ1n) is 6.40. The lowest BCUT2D eigenvalue weighted by molar-refractivity contribution is -0.139. The molecule has 0 aromatic heterocycles. The number of unbranched alkanes of at least 4 members (excludes halogenated alkanes) is 1. The van der Waals surface area contributed by atoms with Crippen molar-refractivity contribution >= 4 is 27.6 Å². The second-order valence-corrected chi connectivity index (χ2v) is 6.57. The zero-order valence-corrected chi connectivity index (χ0v) is 13.4. The Morgan fingerprint density at radius 3 is 2.67 bits per heavy atom. The van der Waals surface area contributed by atoms with Crippen molar-refractivity contribution in [1.82, 2.24) is 4.72 Å². The van der Waals surface area contributed by atoms with Gasteiger partial charge < -0.3 is 9.84 Å². The van der Waals surface area contributed by atoms with Crippen molar-refractivity contribution in [3.63, 3.8) is 0 Å². The Bertz CT molecular complexity index is 603. The van der Waals surface area contributed by atoms with E-state index < -0.39 is 22.0 Å². The predicted octanol–water partition coefficient (Wildman–Crippen LogP) is 2.27. The van der Waals surface area contributed by atoms with Crippen LogP contribution in [0.5, 0.6) is 5.75 Å². The standard InChI is InChI=1S/C13H18ClNO5S/c1-3-4-5-10(13(16)17)15-21(18,19)12-7-6-9(14)8-11(12)20-2/h6-8,10,15H,3-5H2,1-2H3,(H,16,17). The zero-order valence-electron chi connectivity index (χ0n) is 11.8. The number of ether oxygens (including phenoxy) is 1. The molecular formula is C13H18ClNO5S. The van der Waals surface area contributed by atoms with Crippen LogP contribution in [0.2, 0.25) is 5.02 Å². The van der Waals surface area contributed by atoms with Crippen molar-refractivity contribution in [2.75, 3.05) is 7.11 Å². The lowest BCUT2D eigenvalue weighted by Gasteiger charge is -2.16. The molecule has 0 aliphatic heterocycles. The number of carboxylic acids is 1. The van der Waals surface area contributed by atoms with Gasteiger partial charge in [-0.3, -0.25) is 4.79 Å². The maximum Gasteiger partial charge on any atom is 0.321 e.